The van der Waals surface area contributed by atoms with Gasteiger partial charge in [-0.2, -0.15) is 0 Å². The predicted octanol–water partition coefficient (Wildman–Crippen LogP) is 2.76. The van der Waals surface area contributed by atoms with E-state index in [9.17, 15) is 28.8 Å². The molecule has 0 spiro atoms. The molecule has 2 aromatic rings. The smallest absolute Gasteiger partial charge is 0.289 e. The maximum Gasteiger partial charge on any atom is 0.289 e. The van der Waals surface area contributed by atoms with Crippen LogP contribution in [0.1, 0.15) is 95.2 Å². The highest BCUT2D eigenvalue weighted by Crippen LogP contribution is 2.42. The number of carbonyl (C=O) groups is 6. The Hall–Kier alpha value is -4.81. The number of hydrogen-bond acceptors (Lipinski definition) is 9. The Morgan fingerprint density at radius 3 is 2.32 bits per heavy atom. The lowest BCUT2D eigenvalue weighted by atomic mass is 9.84. The molecule has 6 atom stereocenters. The Morgan fingerprint density at radius 1 is 1.00 bits per heavy atom. The molecule has 3 N–H and O–H groups in total. The molecule has 13 nitrogen and oxygen atoms in total. The Kier molecular flexibility index (Phi) is 11.2. The third-order valence-electron chi connectivity index (χ3n) is 9.66. The van der Waals surface area contributed by atoms with Crippen molar-refractivity contribution in [3.63, 3.8) is 0 Å². The summed E-state index contributed by atoms with van der Waals surface area (Å²) in [6.45, 7) is 9.13. The van der Waals surface area contributed by atoms with Crippen LogP contribution in [-0.4, -0.2) is 86.5 Å². The maximum atomic E-state index is 14.5. The number of likely N-dealkylation sites (tertiary alicyclic amines) is 1. The van der Waals surface area contributed by atoms with Crippen LogP contribution in [0.25, 0.3) is 0 Å². The first kappa shape index (κ1) is 36.5. The summed E-state index contributed by atoms with van der Waals surface area (Å²) in [5.74, 6) is -3.51. The molecule has 1 aliphatic heterocycles. The minimum atomic E-state index is -1.16. The Labute approximate surface area is 292 Å². The van der Waals surface area contributed by atoms with Gasteiger partial charge in [0.05, 0.1) is 12.2 Å². The van der Waals surface area contributed by atoms with Crippen LogP contribution in [0.2, 0.25) is 0 Å². The van der Waals surface area contributed by atoms with Gasteiger partial charge in [-0.3, -0.25) is 38.7 Å². The van der Waals surface area contributed by atoms with Gasteiger partial charge in [-0.05, 0) is 55.9 Å². The minimum absolute atomic E-state index is 0.0291. The first-order chi connectivity index (χ1) is 23.8. The third-order valence-corrected chi connectivity index (χ3v) is 9.66. The molecule has 2 heterocycles. The topological polar surface area (TPSA) is 180 Å². The minimum Gasteiger partial charge on any atom is -0.347 e. The number of benzene rings is 1. The number of fused-ring (bicyclic) bond motifs is 1. The summed E-state index contributed by atoms with van der Waals surface area (Å²) >= 11 is 0. The van der Waals surface area contributed by atoms with Crippen molar-refractivity contribution in [3.8, 4) is 0 Å². The van der Waals surface area contributed by atoms with E-state index in [2.05, 4.69) is 25.9 Å². The van der Waals surface area contributed by atoms with Crippen molar-refractivity contribution < 1.29 is 28.8 Å². The van der Waals surface area contributed by atoms with E-state index in [0.29, 0.717) is 37.0 Å². The van der Waals surface area contributed by atoms with Crippen LogP contribution in [0.5, 0.6) is 0 Å². The van der Waals surface area contributed by atoms with Crippen LogP contribution in [0, 0.1) is 17.3 Å². The summed E-state index contributed by atoms with van der Waals surface area (Å²) in [5.41, 5.74) is 0.430. The molecule has 2 saturated carbocycles. The molecule has 4 amide bonds. The lowest BCUT2D eigenvalue weighted by Gasteiger charge is -2.37. The molecule has 50 heavy (non-hydrogen) atoms. The number of amides is 4. The molecule has 3 fully saturated rings. The van der Waals surface area contributed by atoms with Crippen LogP contribution in [-0.2, 0) is 24.0 Å². The second-order valence-electron chi connectivity index (χ2n) is 14.6. The van der Waals surface area contributed by atoms with E-state index in [1.54, 1.807) is 35.2 Å². The van der Waals surface area contributed by atoms with Gasteiger partial charge in [-0.25, -0.2) is 4.98 Å². The van der Waals surface area contributed by atoms with Crippen LogP contribution >= 0.6 is 0 Å². The molecule has 0 radical (unpaired) electrons. The molecule has 1 aromatic heterocycles. The normalized spacial score (nSPS) is 22.6. The van der Waals surface area contributed by atoms with Gasteiger partial charge in [0.25, 0.3) is 11.8 Å². The van der Waals surface area contributed by atoms with Gasteiger partial charge >= 0.3 is 0 Å². The number of ketones is 2. The maximum absolute atomic E-state index is 14.5. The molecular formula is C37H47N7O6. The van der Waals surface area contributed by atoms with Crippen LogP contribution < -0.4 is 16.0 Å². The lowest BCUT2D eigenvalue weighted by Crippen LogP contribution is -2.58. The zero-order valence-electron chi connectivity index (χ0n) is 29.3. The highest BCUT2D eigenvalue weighted by molar-refractivity contribution is 6.38. The Bertz CT molecular complexity index is 1640. The summed E-state index contributed by atoms with van der Waals surface area (Å²) in [7, 11) is 0. The number of aromatic nitrogens is 2. The highest BCUT2D eigenvalue weighted by atomic mass is 16.2. The van der Waals surface area contributed by atoms with E-state index in [4.69, 9.17) is 4.99 Å². The van der Waals surface area contributed by atoms with Crippen molar-refractivity contribution in [2.24, 2.45) is 22.2 Å². The first-order valence-electron chi connectivity index (χ1n) is 17.4. The Balaban J connectivity index is 1.39. The largest absolute Gasteiger partial charge is 0.347 e. The van der Waals surface area contributed by atoms with Crippen LogP contribution in [0.15, 0.2) is 53.9 Å². The van der Waals surface area contributed by atoms with Crippen molar-refractivity contribution in [1.29, 1.82) is 0 Å². The first-order valence-corrected chi connectivity index (χ1v) is 17.4. The average Bonchev–Trinajstić information content (AvgIpc) is 3.70. The van der Waals surface area contributed by atoms with Gasteiger partial charge < -0.3 is 20.9 Å². The monoisotopic (exact) mass is 685 g/mol. The predicted molar refractivity (Wildman–Crippen MR) is 185 cm³/mol. The molecule has 5 rings (SSSR count). The highest BCUT2D eigenvalue weighted by Gasteiger charge is 2.53. The van der Waals surface area contributed by atoms with E-state index in [1.807, 2.05) is 27.7 Å². The fourth-order valence-corrected chi connectivity index (χ4v) is 6.98. The zero-order valence-corrected chi connectivity index (χ0v) is 29.3. The summed E-state index contributed by atoms with van der Waals surface area (Å²) in [4.78, 5) is 95.2. The molecular weight excluding hydrogens is 638 g/mol. The van der Waals surface area contributed by atoms with Crippen LogP contribution in [0.3, 0.4) is 0 Å². The Morgan fingerprint density at radius 2 is 1.72 bits per heavy atom. The molecule has 0 unspecified atom stereocenters. The SMILES string of the molecule is CCC[C@H](N=C1CC[C@H]2CN(C(=O)[C@@H](NC(=O)[C@@H](NC(=O)c3cnccn3)c3ccccc3)C(C)(C)C)[C@H](C(C)=O)[C@@H]12)C(=O)C(=O)NC1CC1. The van der Waals surface area contributed by atoms with E-state index in [-0.39, 0.29) is 30.0 Å². The fraction of sp³-hybridized carbons (Fsp3) is 0.541. The average molecular weight is 686 g/mol. The summed E-state index contributed by atoms with van der Waals surface area (Å²) in [6.07, 6.45) is 8.13. The molecule has 1 saturated heterocycles. The second kappa shape index (κ2) is 15.4. The third kappa shape index (κ3) is 8.31. The molecule has 0 bridgehead atoms. The fourth-order valence-electron chi connectivity index (χ4n) is 6.98. The lowest BCUT2D eigenvalue weighted by molar-refractivity contribution is -0.143. The summed E-state index contributed by atoms with van der Waals surface area (Å²) in [5, 5.41) is 8.41. The molecule has 2 aliphatic carbocycles. The zero-order chi connectivity index (χ0) is 36.2. The molecule has 1 aromatic carbocycles. The summed E-state index contributed by atoms with van der Waals surface area (Å²) in [6, 6.07) is 4.82. The van der Waals surface area contributed by atoms with Crippen molar-refractivity contribution in [2.75, 3.05) is 6.54 Å². The molecule has 13 heteroatoms. The number of Topliss-reactive ketones (excluding diaryl/α,β-unsaturated/α-hetero) is 2. The van der Waals surface area contributed by atoms with Gasteiger partial charge in [-0.1, -0.05) is 64.4 Å². The van der Waals surface area contributed by atoms with E-state index in [0.717, 1.165) is 12.8 Å². The number of hydrogen-bond donors (Lipinski definition) is 3. The van der Waals surface area contributed by atoms with Crippen molar-refractivity contribution in [1.82, 2.24) is 30.8 Å². The number of aliphatic imine (C=N–C) groups is 1. The van der Waals surface area contributed by atoms with Gasteiger partial charge in [0.1, 0.15) is 23.8 Å². The summed E-state index contributed by atoms with van der Waals surface area (Å²) < 4.78 is 0. The molecule has 3 aliphatic rings. The van der Waals surface area contributed by atoms with Crippen LogP contribution in [0.4, 0.5) is 0 Å². The molecule has 266 valence electrons. The number of nitrogens with one attached hydrogen (secondary N) is 3. The van der Waals surface area contributed by atoms with Gasteiger partial charge in [0.15, 0.2) is 5.78 Å². The number of carbonyl (C=O) groups excluding carboxylic acids is 6. The quantitative estimate of drug-likeness (QED) is 0.269. The van der Waals surface area contributed by atoms with Gasteiger partial charge in [0.2, 0.25) is 17.6 Å². The van der Waals surface area contributed by atoms with Crippen molar-refractivity contribution >= 4 is 40.9 Å². The second-order valence-corrected chi connectivity index (χ2v) is 14.6. The van der Waals surface area contributed by atoms with Crippen molar-refractivity contribution in [3.05, 3.63) is 60.2 Å². The van der Waals surface area contributed by atoms with Gasteiger partial charge in [-0.15, -0.1) is 0 Å². The van der Waals surface area contributed by atoms with Gasteiger partial charge in [0, 0.05) is 36.6 Å². The van der Waals surface area contributed by atoms with E-state index < -0.39 is 64.9 Å². The van der Waals surface area contributed by atoms with E-state index in [1.165, 1.54) is 25.5 Å². The van der Waals surface area contributed by atoms with E-state index >= 15 is 0 Å². The number of nitrogens with zero attached hydrogens (tertiary/aromatic N) is 4. The standard InChI is InChI=1S/C37H47N7O6/c1-6-10-26(31(46)35(49)40-24-14-15-24)41-25-16-13-23-20-44(30(21(2)45)28(23)25)36(50)32(37(3,4)5)43-34(48)29(22-11-8-7-9-12-22)42-33(47)27-19-38-17-18-39-27/h7-9,11-12,17-19,23-24,26,28-30,32H,6,10,13-16,20H2,1-5H3,(H,40,49)(H,42,47)(H,43,48)/t23-,26-,28+,29-,30+,32+/m0/s1. The number of rotatable bonds is 13. The van der Waals surface area contributed by atoms with Crippen molar-refractivity contribution in [2.45, 2.75) is 103 Å².